The minimum atomic E-state index is -0.288. The molecule has 0 atom stereocenters. The van der Waals surface area contributed by atoms with E-state index in [-0.39, 0.29) is 18.5 Å². The number of nitrogens with zero attached hydrogens (tertiary/aromatic N) is 2. The first-order valence-corrected chi connectivity index (χ1v) is 9.75. The van der Waals surface area contributed by atoms with Crippen LogP contribution in [0.25, 0.3) is 0 Å². The van der Waals surface area contributed by atoms with Crippen LogP contribution in [0.1, 0.15) is 11.1 Å². The second kappa shape index (κ2) is 9.09. The van der Waals surface area contributed by atoms with Crippen LogP contribution >= 0.6 is 0 Å². The number of hydrogen-bond donors (Lipinski definition) is 2. The highest BCUT2D eigenvalue weighted by molar-refractivity contribution is 5.94. The highest BCUT2D eigenvalue weighted by atomic mass is 16.5. The number of pyridine rings is 1. The van der Waals surface area contributed by atoms with Gasteiger partial charge in [-0.2, -0.15) is 0 Å². The molecule has 0 unspecified atom stereocenters. The molecule has 2 N–H and O–H groups in total. The summed E-state index contributed by atoms with van der Waals surface area (Å²) in [6, 6.07) is 18.4. The number of amides is 3. The van der Waals surface area contributed by atoms with Crippen LogP contribution in [0.5, 0.6) is 11.5 Å². The Morgan fingerprint density at radius 1 is 0.933 bits per heavy atom. The first-order chi connectivity index (χ1) is 14.7. The van der Waals surface area contributed by atoms with Gasteiger partial charge < -0.3 is 20.3 Å². The van der Waals surface area contributed by atoms with Crippen LogP contribution in [0.15, 0.2) is 73.1 Å². The van der Waals surface area contributed by atoms with E-state index in [1.807, 2.05) is 18.2 Å². The number of urea groups is 1. The van der Waals surface area contributed by atoms with Crippen LogP contribution in [0.4, 0.5) is 10.5 Å². The minimum absolute atomic E-state index is 0.0910. The van der Waals surface area contributed by atoms with Crippen LogP contribution in [0, 0.1) is 0 Å². The molecule has 1 aliphatic rings. The molecule has 152 valence electrons. The summed E-state index contributed by atoms with van der Waals surface area (Å²) in [5.74, 6) is 1.05. The van der Waals surface area contributed by atoms with Gasteiger partial charge in [0.15, 0.2) is 0 Å². The van der Waals surface area contributed by atoms with Gasteiger partial charge in [0, 0.05) is 31.2 Å². The van der Waals surface area contributed by atoms with Gasteiger partial charge in [0.1, 0.15) is 11.5 Å². The molecule has 0 aliphatic carbocycles. The van der Waals surface area contributed by atoms with E-state index >= 15 is 0 Å². The van der Waals surface area contributed by atoms with Crippen molar-refractivity contribution in [1.82, 2.24) is 15.2 Å². The Bertz CT molecular complexity index is 1020. The molecule has 0 fully saturated rings. The molecule has 7 heteroatoms. The lowest BCUT2D eigenvalue weighted by molar-refractivity contribution is -0.115. The predicted octanol–water partition coefficient (Wildman–Crippen LogP) is 3.58. The molecule has 1 aromatic heterocycles. The highest BCUT2D eigenvalue weighted by Crippen LogP contribution is 2.22. The Labute approximate surface area is 174 Å². The topological polar surface area (TPSA) is 83.6 Å². The number of benzene rings is 2. The third-order valence-electron chi connectivity index (χ3n) is 4.84. The van der Waals surface area contributed by atoms with Gasteiger partial charge in [-0.05, 0) is 53.9 Å². The Morgan fingerprint density at radius 3 is 2.40 bits per heavy atom. The largest absolute Gasteiger partial charge is 0.457 e. The fourth-order valence-electron chi connectivity index (χ4n) is 3.29. The normalized spacial score (nSPS) is 12.6. The number of carbonyl (C=O) groups excluding carboxylic acids is 2. The zero-order chi connectivity index (χ0) is 20.8. The van der Waals surface area contributed by atoms with Gasteiger partial charge in [0.25, 0.3) is 0 Å². The summed E-state index contributed by atoms with van der Waals surface area (Å²) in [6.45, 7) is 1.11. The van der Waals surface area contributed by atoms with Gasteiger partial charge in [0.2, 0.25) is 5.91 Å². The number of hydrogen-bond acceptors (Lipinski definition) is 4. The van der Waals surface area contributed by atoms with Gasteiger partial charge in [0.05, 0.1) is 6.54 Å². The average Bonchev–Trinajstić information content (AvgIpc) is 2.79. The third kappa shape index (κ3) is 4.94. The maximum absolute atomic E-state index is 12.4. The molecule has 3 aromatic rings. The van der Waals surface area contributed by atoms with E-state index in [0.717, 1.165) is 12.0 Å². The molecule has 0 radical (unpaired) electrons. The predicted molar refractivity (Wildman–Crippen MR) is 113 cm³/mol. The van der Waals surface area contributed by atoms with Gasteiger partial charge in [-0.3, -0.25) is 9.78 Å². The maximum atomic E-state index is 12.4. The molecule has 3 amide bonds. The van der Waals surface area contributed by atoms with E-state index in [1.165, 1.54) is 5.56 Å². The van der Waals surface area contributed by atoms with Gasteiger partial charge in [-0.25, -0.2) is 4.79 Å². The van der Waals surface area contributed by atoms with Crippen LogP contribution in [-0.2, 0) is 17.8 Å². The standard InChI is InChI=1S/C23H22N4O3/c28-22(15-25-23(29)27-14-11-17-3-1-2-4-18(17)16-27)26-19-5-7-20(8-6-19)30-21-9-12-24-13-10-21/h1-10,12-13H,11,14-16H2,(H,25,29)(H,26,28). The second-order valence-electron chi connectivity index (χ2n) is 6.96. The lowest BCUT2D eigenvalue weighted by Gasteiger charge is -2.28. The highest BCUT2D eigenvalue weighted by Gasteiger charge is 2.20. The Hall–Kier alpha value is -3.87. The SMILES string of the molecule is O=C(CNC(=O)N1CCc2ccccc2C1)Nc1ccc(Oc2ccncc2)cc1. The number of aromatic nitrogens is 1. The zero-order valence-corrected chi connectivity index (χ0v) is 16.4. The van der Waals surface area contributed by atoms with Crippen molar-refractivity contribution in [1.29, 1.82) is 0 Å². The molecular formula is C23H22N4O3. The zero-order valence-electron chi connectivity index (χ0n) is 16.4. The van der Waals surface area contributed by atoms with Crippen LogP contribution in [0.2, 0.25) is 0 Å². The van der Waals surface area contributed by atoms with E-state index in [2.05, 4.69) is 21.7 Å². The Kier molecular flexibility index (Phi) is 5.89. The van der Waals surface area contributed by atoms with E-state index in [4.69, 9.17) is 4.74 Å². The molecule has 1 aliphatic heterocycles. The van der Waals surface area contributed by atoms with Gasteiger partial charge in [-0.1, -0.05) is 24.3 Å². The summed E-state index contributed by atoms with van der Waals surface area (Å²) in [4.78, 5) is 30.3. The molecule has 0 bridgehead atoms. The Morgan fingerprint density at radius 2 is 1.63 bits per heavy atom. The summed E-state index contributed by atoms with van der Waals surface area (Å²) in [6.07, 6.45) is 4.13. The van der Waals surface area contributed by atoms with E-state index in [1.54, 1.807) is 53.7 Å². The molecule has 4 rings (SSSR count). The molecule has 0 spiro atoms. The summed E-state index contributed by atoms with van der Waals surface area (Å²) < 4.78 is 5.69. The van der Waals surface area contributed by atoms with E-state index in [0.29, 0.717) is 30.3 Å². The summed E-state index contributed by atoms with van der Waals surface area (Å²) in [7, 11) is 0. The molecule has 7 nitrogen and oxygen atoms in total. The number of fused-ring (bicyclic) bond motifs is 1. The number of carbonyl (C=O) groups is 2. The molecule has 30 heavy (non-hydrogen) atoms. The monoisotopic (exact) mass is 402 g/mol. The number of anilines is 1. The van der Waals surface area contributed by atoms with Crippen molar-refractivity contribution in [2.75, 3.05) is 18.4 Å². The van der Waals surface area contributed by atoms with Crippen molar-refractivity contribution >= 4 is 17.6 Å². The quantitative estimate of drug-likeness (QED) is 0.683. The van der Waals surface area contributed by atoms with Gasteiger partial charge in [-0.15, -0.1) is 0 Å². The average molecular weight is 402 g/mol. The van der Waals surface area contributed by atoms with Crippen molar-refractivity contribution in [2.24, 2.45) is 0 Å². The molecule has 0 saturated heterocycles. The van der Waals surface area contributed by atoms with Crippen molar-refractivity contribution in [2.45, 2.75) is 13.0 Å². The second-order valence-corrected chi connectivity index (χ2v) is 6.96. The minimum Gasteiger partial charge on any atom is -0.457 e. The summed E-state index contributed by atoms with van der Waals surface area (Å²) in [5.41, 5.74) is 3.05. The third-order valence-corrected chi connectivity index (χ3v) is 4.84. The lowest BCUT2D eigenvalue weighted by atomic mass is 10.0. The fourth-order valence-corrected chi connectivity index (χ4v) is 3.29. The van der Waals surface area contributed by atoms with Crippen LogP contribution in [0.3, 0.4) is 0 Å². The maximum Gasteiger partial charge on any atom is 0.318 e. The lowest BCUT2D eigenvalue weighted by Crippen LogP contribution is -2.45. The van der Waals surface area contributed by atoms with Crippen molar-refractivity contribution in [3.8, 4) is 11.5 Å². The number of rotatable bonds is 5. The molecule has 0 saturated carbocycles. The summed E-state index contributed by atoms with van der Waals surface area (Å²) in [5, 5.41) is 5.46. The first-order valence-electron chi connectivity index (χ1n) is 9.75. The van der Waals surface area contributed by atoms with Crippen molar-refractivity contribution in [3.05, 3.63) is 84.2 Å². The molecule has 2 heterocycles. The van der Waals surface area contributed by atoms with E-state index in [9.17, 15) is 9.59 Å². The summed E-state index contributed by atoms with van der Waals surface area (Å²) >= 11 is 0. The molecule has 2 aromatic carbocycles. The van der Waals surface area contributed by atoms with Crippen LogP contribution < -0.4 is 15.4 Å². The van der Waals surface area contributed by atoms with Crippen LogP contribution in [-0.4, -0.2) is 34.9 Å². The number of ether oxygens (including phenoxy) is 1. The van der Waals surface area contributed by atoms with Gasteiger partial charge >= 0.3 is 6.03 Å². The van der Waals surface area contributed by atoms with E-state index < -0.39 is 0 Å². The smallest absolute Gasteiger partial charge is 0.318 e. The Balaban J connectivity index is 1.24. The first kappa shape index (κ1) is 19.4. The number of nitrogens with one attached hydrogen (secondary N) is 2. The van der Waals surface area contributed by atoms with Crippen molar-refractivity contribution < 1.29 is 14.3 Å². The molecular weight excluding hydrogens is 380 g/mol. The fraction of sp³-hybridized carbons (Fsp3) is 0.174. The van der Waals surface area contributed by atoms with Crippen molar-refractivity contribution in [3.63, 3.8) is 0 Å².